The number of fused-ring (bicyclic) bond motifs is 3. The van der Waals surface area contributed by atoms with E-state index >= 15 is 0 Å². The van der Waals surface area contributed by atoms with Gasteiger partial charge in [-0.15, -0.1) is 0 Å². The molecule has 2 aromatic rings. The summed E-state index contributed by atoms with van der Waals surface area (Å²) in [6.45, 7) is 1.72. The van der Waals surface area contributed by atoms with E-state index in [-0.39, 0.29) is 5.91 Å². The summed E-state index contributed by atoms with van der Waals surface area (Å²) < 4.78 is 0. The highest BCUT2D eigenvalue weighted by Gasteiger charge is 2.50. The number of rotatable bonds is 1. The van der Waals surface area contributed by atoms with Crippen LogP contribution in [0.25, 0.3) is 0 Å². The van der Waals surface area contributed by atoms with Crippen LogP contribution in [0.2, 0.25) is 0 Å². The van der Waals surface area contributed by atoms with Crippen LogP contribution in [0.5, 0.6) is 0 Å². The molecule has 0 radical (unpaired) electrons. The van der Waals surface area contributed by atoms with Gasteiger partial charge < -0.3 is 4.90 Å². The van der Waals surface area contributed by atoms with Crippen LogP contribution in [-0.2, 0) is 5.66 Å². The molecule has 0 spiro atoms. The molecule has 1 amide bonds. The molecule has 2 aliphatic rings. The number of amides is 1. The molecule has 0 saturated carbocycles. The van der Waals surface area contributed by atoms with E-state index in [4.69, 9.17) is 0 Å². The Hall–Kier alpha value is -2.13. The number of benzene rings is 2. The summed E-state index contributed by atoms with van der Waals surface area (Å²) in [6, 6.07) is 18.3. The standard InChI is InChI=1S/C18H18N2O/c21-17-15-10-4-5-11-16(15)18(14-8-2-1-3-9-14)19-12-6-7-13-20(17)18/h1-5,8-11,19H,6-7,12-13H2/t18-/m0/s1. The van der Waals surface area contributed by atoms with Crippen molar-refractivity contribution in [3.8, 4) is 0 Å². The lowest BCUT2D eigenvalue weighted by molar-refractivity contribution is 0.0589. The summed E-state index contributed by atoms with van der Waals surface area (Å²) in [7, 11) is 0. The first-order valence-electron chi connectivity index (χ1n) is 7.56. The van der Waals surface area contributed by atoms with Gasteiger partial charge in [0.2, 0.25) is 0 Å². The number of hydrogen-bond donors (Lipinski definition) is 1. The van der Waals surface area contributed by atoms with Crippen molar-refractivity contribution in [1.29, 1.82) is 0 Å². The molecule has 0 bridgehead atoms. The lowest BCUT2D eigenvalue weighted by Crippen LogP contribution is -2.53. The van der Waals surface area contributed by atoms with Crippen molar-refractivity contribution in [3.63, 3.8) is 0 Å². The maximum Gasteiger partial charge on any atom is 0.256 e. The van der Waals surface area contributed by atoms with Gasteiger partial charge in [0, 0.05) is 17.7 Å². The van der Waals surface area contributed by atoms with E-state index < -0.39 is 5.66 Å². The third-order valence-corrected chi connectivity index (χ3v) is 4.58. The molecule has 0 unspecified atom stereocenters. The smallest absolute Gasteiger partial charge is 0.256 e. The van der Waals surface area contributed by atoms with Gasteiger partial charge in [0.05, 0.1) is 0 Å². The summed E-state index contributed by atoms with van der Waals surface area (Å²) >= 11 is 0. The van der Waals surface area contributed by atoms with E-state index in [1.54, 1.807) is 0 Å². The third kappa shape index (κ3) is 1.67. The fourth-order valence-electron chi connectivity index (χ4n) is 3.65. The van der Waals surface area contributed by atoms with Gasteiger partial charge in [-0.1, -0.05) is 48.5 Å². The van der Waals surface area contributed by atoms with Crippen molar-refractivity contribution in [2.75, 3.05) is 13.1 Å². The zero-order valence-corrected chi connectivity index (χ0v) is 11.9. The zero-order valence-electron chi connectivity index (χ0n) is 11.9. The van der Waals surface area contributed by atoms with Crippen LogP contribution < -0.4 is 5.32 Å². The van der Waals surface area contributed by atoms with E-state index in [0.29, 0.717) is 0 Å². The van der Waals surface area contributed by atoms with Crippen molar-refractivity contribution in [2.24, 2.45) is 0 Å². The molecule has 2 heterocycles. The molecule has 3 nitrogen and oxygen atoms in total. The second kappa shape index (κ2) is 4.71. The molecule has 3 heteroatoms. The predicted octanol–water partition coefficient (Wildman–Crippen LogP) is 2.73. The van der Waals surface area contributed by atoms with E-state index in [1.165, 1.54) is 0 Å². The maximum atomic E-state index is 12.8. The van der Waals surface area contributed by atoms with Gasteiger partial charge in [-0.2, -0.15) is 0 Å². The fourth-order valence-corrected chi connectivity index (χ4v) is 3.65. The Labute approximate surface area is 124 Å². The van der Waals surface area contributed by atoms with Crippen molar-refractivity contribution < 1.29 is 4.79 Å². The summed E-state index contributed by atoms with van der Waals surface area (Å²) in [5.41, 5.74) is 2.56. The Morgan fingerprint density at radius 1 is 0.952 bits per heavy atom. The van der Waals surface area contributed by atoms with E-state index in [2.05, 4.69) is 23.5 Å². The van der Waals surface area contributed by atoms with E-state index in [0.717, 1.165) is 42.6 Å². The molecule has 2 aliphatic heterocycles. The van der Waals surface area contributed by atoms with Crippen LogP contribution in [0.4, 0.5) is 0 Å². The fraction of sp³-hybridized carbons (Fsp3) is 0.278. The average molecular weight is 278 g/mol. The highest BCUT2D eigenvalue weighted by molar-refractivity contribution is 6.00. The van der Waals surface area contributed by atoms with Gasteiger partial charge in [-0.25, -0.2) is 0 Å². The summed E-state index contributed by atoms with van der Waals surface area (Å²) in [5, 5.41) is 3.67. The second-order valence-corrected chi connectivity index (χ2v) is 5.71. The van der Waals surface area contributed by atoms with Crippen LogP contribution in [0, 0.1) is 0 Å². The van der Waals surface area contributed by atoms with Crippen molar-refractivity contribution in [1.82, 2.24) is 10.2 Å². The van der Waals surface area contributed by atoms with Gasteiger partial charge in [0.1, 0.15) is 5.66 Å². The normalized spacial score (nSPS) is 24.4. The van der Waals surface area contributed by atoms with Crippen LogP contribution in [0.1, 0.15) is 34.3 Å². The molecule has 1 fully saturated rings. The molecular weight excluding hydrogens is 260 g/mol. The van der Waals surface area contributed by atoms with Gasteiger partial charge in [-0.05, 0) is 31.0 Å². The molecule has 1 N–H and O–H groups in total. The van der Waals surface area contributed by atoms with Crippen LogP contribution in [-0.4, -0.2) is 23.9 Å². The number of hydrogen-bond acceptors (Lipinski definition) is 2. The Kier molecular flexibility index (Phi) is 2.82. The number of nitrogens with one attached hydrogen (secondary N) is 1. The van der Waals surface area contributed by atoms with Crippen LogP contribution in [0.15, 0.2) is 54.6 Å². The predicted molar refractivity (Wildman–Crippen MR) is 81.9 cm³/mol. The van der Waals surface area contributed by atoms with Gasteiger partial charge in [0.15, 0.2) is 0 Å². The Morgan fingerprint density at radius 2 is 1.71 bits per heavy atom. The quantitative estimate of drug-likeness (QED) is 0.870. The first kappa shape index (κ1) is 12.6. The largest absolute Gasteiger partial charge is 0.312 e. The Bertz CT molecular complexity index is 683. The molecule has 106 valence electrons. The van der Waals surface area contributed by atoms with Crippen LogP contribution in [0.3, 0.4) is 0 Å². The molecule has 2 aromatic carbocycles. The highest BCUT2D eigenvalue weighted by atomic mass is 16.2. The first-order chi connectivity index (χ1) is 10.3. The highest BCUT2D eigenvalue weighted by Crippen LogP contribution is 2.43. The molecule has 4 rings (SSSR count). The lowest BCUT2D eigenvalue weighted by Gasteiger charge is -2.39. The molecule has 0 aromatic heterocycles. The van der Waals surface area contributed by atoms with Crippen LogP contribution >= 0.6 is 0 Å². The van der Waals surface area contributed by atoms with Gasteiger partial charge in [0.25, 0.3) is 5.91 Å². The minimum Gasteiger partial charge on any atom is -0.312 e. The monoisotopic (exact) mass is 278 g/mol. The molecule has 1 atom stereocenters. The summed E-state index contributed by atoms with van der Waals surface area (Å²) in [6.07, 6.45) is 2.14. The number of carbonyl (C=O) groups excluding carboxylic acids is 1. The third-order valence-electron chi connectivity index (χ3n) is 4.58. The minimum absolute atomic E-state index is 0.142. The second-order valence-electron chi connectivity index (χ2n) is 5.71. The van der Waals surface area contributed by atoms with Gasteiger partial charge >= 0.3 is 0 Å². The zero-order chi connectivity index (χ0) is 14.3. The topological polar surface area (TPSA) is 32.3 Å². The van der Waals surface area contributed by atoms with Crippen molar-refractivity contribution in [3.05, 3.63) is 71.3 Å². The summed E-state index contributed by atoms with van der Waals surface area (Å²) in [5.74, 6) is 0.142. The van der Waals surface area contributed by atoms with Gasteiger partial charge in [-0.3, -0.25) is 10.1 Å². The summed E-state index contributed by atoms with van der Waals surface area (Å²) in [4.78, 5) is 14.9. The Balaban J connectivity index is 2.00. The Morgan fingerprint density at radius 3 is 2.57 bits per heavy atom. The molecule has 1 saturated heterocycles. The first-order valence-corrected chi connectivity index (χ1v) is 7.56. The number of nitrogens with zero attached hydrogens (tertiary/aromatic N) is 1. The van der Waals surface area contributed by atoms with E-state index in [9.17, 15) is 4.79 Å². The molecule has 0 aliphatic carbocycles. The molecule has 21 heavy (non-hydrogen) atoms. The number of carbonyl (C=O) groups is 1. The SMILES string of the molecule is O=C1c2ccccc2[C@@]2(c3ccccc3)NCCCCN12. The minimum atomic E-state index is -0.495. The molecular formula is C18H18N2O. The van der Waals surface area contributed by atoms with Crippen molar-refractivity contribution >= 4 is 5.91 Å². The van der Waals surface area contributed by atoms with Crippen molar-refractivity contribution in [2.45, 2.75) is 18.5 Å². The van der Waals surface area contributed by atoms with E-state index in [1.807, 2.05) is 41.3 Å². The maximum absolute atomic E-state index is 12.8. The average Bonchev–Trinajstić information content (AvgIpc) is 2.70. The lowest BCUT2D eigenvalue weighted by atomic mass is 9.90.